The third-order valence-electron chi connectivity index (χ3n) is 5.97. The van der Waals surface area contributed by atoms with E-state index in [2.05, 4.69) is 24.9 Å². The molecule has 1 fully saturated rings. The minimum Gasteiger partial charge on any atom is -0.437 e. The minimum absolute atomic E-state index is 0.0316. The van der Waals surface area contributed by atoms with Crippen LogP contribution in [0, 0.1) is 6.92 Å². The van der Waals surface area contributed by atoms with E-state index < -0.39 is 0 Å². The average Bonchev–Trinajstić information content (AvgIpc) is 2.90. The number of benzene rings is 1. The highest BCUT2D eigenvalue weighted by Crippen LogP contribution is 2.34. The number of amides is 1. The molecule has 0 spiro atoms. The van der Waals surface area contributed by atoms with E-state index >= 15 is 0 Å². The fourth-order valence-corrected chi connectivity index (χ4v) is 4.20. The van der Waals surface area contributed by atoms with E-state index in [-0.39, 0.29) is 11.8 Å². The molecule has 34 heavy (non-hydrogen) atoms. The Bertz CT molecular complexity index is 1300. The van der Waals surface area contributed by atoms with E-state index in [0.29, 0.717) is 24.5 Å². The Balaban J connectivity index is 1.36. The second-order valence-corrected chi connectivity index (χ2v) is 8.29. The highest BCUT2D eigenvalue weighted by molar-refractivity contribution is 5.95. The van der Waals surface area contributed by atoms with Gasteiger partial charge in [-0.1, -0.05) is 18.2 Å². The fraction of sp³-hybridized carbons (Fsp3) is 0.231. The zero-order valence-electron chi connectivity index (χ0n) is 18.8. The number of ether oxygens (including phenoxy) is 1. The van der Waals surface area contributed by atoms with Gasteiger partial charge in [-0.2, -0.15) is 0 Å². The van der Waals surface area contributed by atoms with E-state index in [4.69, 9.17) is 4.74 Å². The molecule has 0 bridgehead atoms. The van der Waals surface area contributed by atoms with Gasteiger partial charge in [0.05, 0.1) is 5.56 Å². The second-order valence-electron chi connectivity index (χ2n) is 8.29. The van der Waals surface area contributed by atoms with Crippen LogP contribution < -0.4 is 4.74 Å². The molecule has 1 saturated heterocycles. The molecular weight excluding hydrogens is 428 g/mol. The van der Waals surface area contributed by atoms with Crippen molar-refractivity contribution in [2.24, 2.45) is 0 Å². The third kappa shape index (κ3) is 4.61. The first kappa shape index (κ1) is 21.6. The summed E-state index contributed by atoms with van der Waals surface area (Å²) in [6.45, 7) is 3.22. The average molecular weight is 453 g/mol. The van der Waals surface area contributed by atoms with Gasteiger partial charge in [-0.3, -0.25) is 14.8 Å². The van der Waals surface area contributed by atoms with Crippen molar-refractivity contribution in [2.75, 3.05) is 13.1 Å². The van der Waals surface area contributed by atoms with E-state index in [1.807, 2.05) is 42.2 Å². The number of carbonyl (C=O) groups is 1. The van der Waals surface area contributed by atoms with Crippen LogP contribution in [0.5, 0.6) is 11.6 Å². The number of para-hydroxylation sites is 1. The van der Waals surface area contributed by atoms with Gasteiger partial charge < -0.3 is 9.64 Å². The number of piperidine rings is 1. The fourth-order valence-electron chi connectivity index (χ4n) is 4.20. The molecule has 8 heteroatoms. The van der Waals surface area contributed by atoms with Gasteiger partial charge in [0.1, 0.15) is 17.8 Å². The zero-order valence-corrected chi connectivity index (χ0v) is 18.8. The molecular formula is C26H24N6O2. The number of nitrogens with zero attached hydrogens (tertiary/aromatic N) is 6. The Morgan fingerprint density at radius 3 is 2.65 bits per heavy atom. The van der Waals surface area contributed by atoms with Crippen LogP contribution in [0.25, 0.3) is 11.1 Å². The van der Waals surface area contributed by atoms with Gasteiger partial charge in [-0.05, 0) is 37.5 Å². The summed E-state index contributed by atoms with van der Waals surface area (Å²) in [7, 11) is 0. The number of aryl methyl sites for hydroxylation is 1. The van der Waals surface area contributed by atoms with Crippen LogP contribution in [0.3, 0.4) is 0 Å². The molecule has 170 valence electrons. The first-order chi connectivity index (χ1) is 16.7. The van der Waals surface area contributed by atoms with Crippen molar-refractivity contribution in [3.05, 3.63) is 90.7 Å². The summed E-state index contributed by atoms with van der Waals surface area (Å²) in [6, 6.07) is 9.66. The summed E-state index contributed by atoms with van der Waals surface area (Å²) < 4.78 is 6.14. The smallest absolute Gasteiger partial charge is 0.255 e. The predicted octanol–water partition coefficient (Wildman–Crippen LogP) is 4.45. The highest BCUT2D eigenvalue weighted by atomic mass is 16.5. The lowest BCUT2D eigenvalue weighted by molar-refractivity contribution is 0.0704. The molecule has 1 aromatic carbocycles. The van der Waals surface area contributed by atoms with Gasteiger partial charge in [0, 0.05) is 67.3 Å². The number of hydrogen-bond acceptors (Lipinski definition) is 7. The van der Waals surface area contributed by atoms with E-state index in [0.717, 1.165) is 41.0 Å². The molecule has 0 unspecified atom stereocenters. The van der Waals surface area contributed by atoms with Crippen LogP contribution in [0.2, 0.25) is 0 Å². The number of rotatable bonds is 5. The quantitative estimate of drug-likeness (QED) is 0.442. The molecule has 5 rings (SSSR count). The maximum atomic E-state index is 13.4. The van der Waals surface area contributed by atoms with Crippen LogP contribution in [-0.4, -0.2) is 48.8 Å². The molecule has 1 amide bonds. The lowest BCUT2D eigenvalue weighted by Gasteiger charge is -2.32. The summed E-state index contributed by atoms with van der Waals surface area (Å²) in [5.41, 5.74) is 3.96. The number of likely N-dealkylation sites (tertiary alicyclic amines) is 1. The summed E-state index contributed by atoms with van der Waals surface area (Å²) in [5, 5.41) is 0. The van der Waals surface area contributed by atoms with E-state index in [9.17, 15) is 4.79 Å². The maximum absolute atomic E-state index is 13.4. The summed E-state index contributed by atoms with van der Waals surface area (Å²) in [6.07, 6.45) is 13.3. The van der Waals surface area contributed by atoms with Crippen molar-refractivity contribution >= 4 is 5.91 Å². The summed E-state index contributed by atoms with van der Waals surface area (Å²) in [5.74, 6) is 1.22. The Labute approximate surface area is 197 Å². The molecule has 4 heterocycles. The summed E-state index contributed by atoms with van der Waals surface area (Å²) in [4.78, 5) is 36.7. The highest BCUT2D eigenvalue weighted by Gasteiger charge is 2.29. The van der Waals surface area contributed by atoms with Gasteiger partial charge in [0.25, 0.3) is 5.91 Å². The number of pyridine rings is 1. The van der Waals surface area contributed by atoms with Crippen LogP contribution in [-0.2, 0) is 0 Å². The topological polar surface area (TPSA) is 94.0 Å². The van der Waals surface area contributed by atoms with Crippen molar-refractivity contribution in [2.45, 2.75) is 25.7 Å². The molecule has 0 aliphatic carbocycles. The normalized spacial score (nSPS) is 15.7. The molecule has 0 saturated carbocycles. The van der Waals surface area contributed by atoms with Crippen molar-refractivity contribution in [1.82, 2.24) is 29.8 Å². The van der Waals surface area contributed by atoms with E-state index in [1.54, 1.807) is 37.2 Å². The lowest BCUT2D eigenvalue weighted by Crippen LogP contribution is -2.39. The molecule has 8 nitrogen and oxygen atoms in total. The van der Waals surface area contributed by atoms with Crippen LogP contribution in [0.15, 0.2) is 73.8 Å². The molecule has 1 atom stereocenters. The Morgan fingerprint density at radius 1 is 1.00 bits per heavy atom. The number of aromatic nitrogens is 5. The van der Waals surface area contributed by atoms with Crippen LogP contribution >= 0.6 is 0 Å². The van der Waals surface area contributed by atoms with Gasteiger partial charge >= 0.3 is 0 Å². The monoisotopic (exact) mass is 452 g/mol. The number of hydrogen-bond donors (Lipinski definition) is 0. The van der Waals surface area contributed by atoms with Crippen molar-refractivity contribution in [3.8, 4) is 22.8 Å². The first-order valence-electron chi connectivity index (χ1n) is 11.2. The Hall–Kier alpha value is -4.20. The second kappa shape index (κ2) is 9.74. The Kier molecular flexibility index (Phi) is 6.20. The van der Waals surface area contributed by atoms with Crippen molar-refractivity contribution in [1.29, 1.82) is 0 Å². The zero-order chi connectivity index (χ0) is 23.3. The van der Waals surface area contributed by atoms with Gasteiger partial charge in [0.2, 0.25) is 5.88 Å². The van der Waals surface area contributed by atoms with E-state index in [1.165, 1.54) is 6.33 Å². The van der Waals surface area contributed by atoms with Crippen molar-refractivity contribution in [3.63, 3.8) is 0 Å². The Morgan fingerprint density at radius 2 is 1.79 bits per heavy atom. The minimum atomic E-state index is -0.0545. The largest absolute Gasteiger partial charge is 0.437 e. The maximum Gasteiger partial charge on any atom is 0.255 e. The molecule has 1 aliphatic heterocycles. The number of carbonyl (C=O) groups excluding carboxylic acids is 1. The predicted molar refractivity (Wildman–Crippen MR) is 126 cm³/mol. The van der Waals surface area contributed by atoms with Gasteiger partial charge in [-0.25, -0.2) is 15.0 Å². The van der Waals surface area contributed by atoms with Gasteiger partial charge in [0.15, 0.2) is 0 Å². The molecule has 4 aromatic rings. The molecule has 3 aromatic heterocycles. The molecule has 1 aliphatic rings. The first-order valence-corrected chi connectivity index (χ1v) is 11.2. The lowest BCUT2D eigenvalue weighted by atomic mass is 9.94. The molecule has 0 radical (unpaired) electrons. The van der Waals surface area contributed by atoms with Gasteiger partial charge in [-0.15, -0.1) is 0 Å². The van der Waals surface area contributed by atoms with Crippen LogP contribution in [0.4, 0.5) is 0 Å². The SMILES string of the molecule is Cc1ccccc1Oc1nccnc1[C@H]1CCCN(C(=O)c2cncc(-c3cncnc3)c2)C1. The third-order valence-corrected chi connectivity index (χ3v) is 5.97. The van der Waals surface area contributed by atoms with Crippen molar-refractivity contribution < 1.29 is 9.53 Å². The standard InChI is InChI=1S/C26H24N6O2/c1-18-5-2-3-7-23(18)34-25-24(30-8-9-31-25)19-6-4-10-32(16-19)26(33)21-11-20(12-27-13-21)22-14-28-17-29-15-22/h2-3,5,7-9,11-15,17,19H,4,6,10,16H2,1H3/t19-/m0/s1. The van der Waals surface area contributed by atoms with Crippen LogP contribution in [0.1, 0.15) is 40.4 Å². The molecule has 0 N–H and O–H groups in total. The summed E-state index contributed by atoms with van der Waals surface area (Å²) >= 11 is 0.